The quantitative estimate of drug-likeness (QED) is 0.558. The Morgan fingerprint density at radius 2 is 1.70 bits per heavy atom. The van der Waals surface area contributed by atoms with Crippen LogP contribution in [0.4, 0.5) is 0 Å². The predicted octanol–water partition coefficient (Wildman–Crippen LogP) is 0.839. The first kappa shape index (κ1) is 9.78. The molecule has 10 heavy (non-hydrogen) atoms. The van der Waals surface area contributed by atoms with Crippen LogP contribution in [0.5, 0.6) is 0 Å². The van der Waals surface area contributed by atoms with Crippen molar-refractivity contribution in [2.45, 2.75) is 13.5 Å². The monoisotopic (exact) mass is 130 g/mol. The van der Waals surface area contributed by atoms with Crippen molar-refractivity contribution in [2.75, 3.05) is 0 Å². The third-order valence-corrected chi connectivity index (χ3v) is 1.30. The second-order valence-electron chi connectivity index (χ2n) is 2.14. The van der Waals surface area contributed by atoms with Crippen molar-refractivity contribution in [1.82, 2.24) is 0 Å². The summed E-state index contributed by atoms with van der Waals surface area (Å²) in [5, 5.41) is 8.63. The molecule has 0 radical (unpaired) electrons. The van der Waals surface area contributed by atoms with Gasteiger partial charge in [0.2, 0.25) is 0 Å². The molecule has 1 aromatic rings. The van der Waals surface area contributed by atoms with Gasteiger partial charge in [0, 0.05) is 0 Å². The van der Waals surface area contributed by atoms with Gasteiger partial charge < -0.3 is 5.11 Å². The Balaban J connectivity index is 0.000000810. The molecule has 0 saturated heterocycles. The van der Waals surface area contributed by atoms with Crippen molar-refractivity contribution in [1.29, 1.82) is 0 Å². The van der Waals surface area contributed by atoms with Gasteiger partial charge in [0.15, 0.2) is 0 Å². The van der Waals surface area contributed by atoms with E-state index in [0.29, 0.717) is 0 Å². The average Bonchev–Trinajstić information content (AvgIpc) is 1.90. The Bertz CT molecular complexity index is 181. The third kappa shape index (κ3) is 2.58. The van der Waals surface area contributed by atoms with E-state index < -0.39 is 0 Å². The van der Waals surface area contributed by atoms with Gasteiger partial charge in [-0.05, 0) is 12.5 Å². The van der Waals surface area contributed by atoms with Crippen LogP contribution in [0.3, 0.4) is 0 Å². The standard InChI is InChI=1S/C8H10O.Li.H/c1-7-2-4-8(6-9)5-3-7;;/h2-5,9H,6H2,1H3;;. The first-order chi connectivity index (χ1) is 4.33. The number of benzene rings is 1. The summed E-state index contributed by atoms with van der Waals surface area (Å²) in [6.45, 7) is 2.17. The Labute approximate surface area is 73.3 Å². The molecule has 0 aromatic heterocycles. The van der Waals surface area contributed by atoms with E-state index in [4.69, 9.17) is 5.11 Å². The molecule has 0 unspecified atom stereocenters. The van der Waals surface area contributed by atoms with Crippen molar-refractivity contribution in [3.8, 4) is 0 Å². The van der Waals surface area contributed by atoms with Gasteiger partial charge >= 0.3 is 18.9 Å². The summed E-state index contributed by atoms with van der Waals surface area (Å²) < 4.78 is 0. The van der Waals surface area contributed by atoms with Crippen LogP contribution >= 0.6 is 0 Å². The summed E-state index contributed by atoms with van der Waals surface area (Å²) >= 11 is 0. The first-order valence-electron chi connectivity index (χ1n) is 2.99. The molecule has 1 nitrogen and oxygen atoms in total. The predicted molar refractivity (Wildman–Crippen MR) is 44.3 cm³/mol. The van der Waals surface area contributed by atoms with E-state index >= 15 is 0 Å². The van der Waals surface area contributed by atoms with Crippen LogP contribution in [-0.2, 0) is 6.61 Å². The molecule has 0 heterocycles. The van der Waals surface area contributed by atoms with Crippen LogP contribution in [0, 0.1) is 6.92 Å². The van der Waals surface area contributed by atoms with Crippen LogP contribution in [0.25, 0.3) is 0 Å². The van der Waals surface area contributed by atoms with E-state index in [-0.39, 0.29) is 25.5 Å². The fourth-order valence-electron chi connectivity index (χ4n) is 0.693. The SMILES string of the molecule is Cc1ccc(CO)cc1.[LiH]. The second-order valence-corrected chi connectivity index (χ2v) is 2.14. The summed E-state index contributed by atoms with van der Waals surface area (Å²) in [5.41, 5.74) is 2.20. The normalized spacial score (nSPS) is 8.60. The molecule has 0 bridgehead atoms. The Kier molecular flexibility index (Phi) is 4.47. The number of hydrogen-bond acceptors (Lipinski definition) is 1. The molecule has 0 atom stereocenters. The maximum atomic E-state index is 8.63. The number of aryl methyl sites for hydroxylation is 1. The molecular weight excluding hydrogens is 119 g/mol. The fraction of sp³-hybridized carbons (Fsp3) is 0.250. The average molecular weight is 130 g/mol. The number of aliphatic hydroxyl groups excluding tert-OH is 1. The van der Waals surface area contributed by atoms with Crippen molar-refractivity contribution < 1.29 is 5.11 Å². The van der Waals surface area contributed by atoms with Gasteiger partial charge in [0.1, 0.15) is 0 Å². The second kappa shape index (κ2) is 4.57. The van der Waals surface area contributed by atoms with Crippen LogP contribution in [0.1, 0.15) is 11.1 Å². The third-order valence-electron chi connectivity index (χ3n) is 1.30. The van der Waals surface area contributed by atoms with Crippen LogP contribution in [0.15, 0.2) is 24.3 Å². The van der Waals surface area contributed by atoms with E-state index in [1.807, 2.05) is 31.2 Å². The van der Waals surface area contributed by atoms with Crippen molar-refractivity contribution >= 4 is 18.9 Å². The zero-order valence-corrected chi connectivity index (χ0v) is 5.46. The Hall–Kier alpha value is -0.223. The molecule has 1 aromatic carbocycles. The van der Waals surface area contributed by atoms with Gasteiger partial charge in [-0.2, -0.15) is 0 Å². The number of rotatable bonds is 1. The first-order valence-corrected chi connectivity index (χ1v) is 2.99. The zero-order chi connectivity index (χ0) is 6.69. The molecule has 2 heteroatoms. The van der Waals surface area contributed by atoms with E-state index in [1.54, 1.807) is 0 Å². The van der Waals surface area contributed by atoms with Crippen LogP contribution in [-0.4, -0.2) is 24.0 Å². The van der Waals surface area contributed by atoms with Crippen LogP contribution < -0.4 is 0 Å². The van der Waals surface area contributed by atoms with Gasteiger partial charge in [-0.1, -0.05) is 29.8 Å². The summed E-state index contributed by atoms with van der Waals surface area (Å²) in [5.74, 6) is 0. The van der Waals surface area contributed by atoms with Gasteiger partial charge in [-0.3, -0.25) is 0 Å². The fourth-order valence-corrected chi connectivity index (χ4v) is 0.693. The van der Waals surface area contributed by atoms with Gasteiger partial charge in [-0.25, -0.2) is 0 Å². The van der Waals surface area contributed by atoms with Gasteiger partial charge in [0.25, 0.3) is 0 Å². The molecule has 0 aliphatic rings. The van der Waals surface area contributed by atoms with Gasteiger partial charge in [0.05, 0.1) is 6.61 Å². The van der Waals surface area contributed by atoms with E-state index in [1.165, 1.54) is 5.56 Å². The molecule has 50 valence electrons. The Morgan fingerprint density at radius 1 is 1.20 bits per heavy atom. The minimum atomic E-state index is 0. The molecule has 1 N–H and O–H groups in total. The molecular formula is C8H11LiO. The van der Waals surface area contributed by atoms with Crippen LogP contribution in [0.2, 0.25) is 0 Å². The molecule has 0 fully saturated rings. The Morgan fingerprint density at radius 3 is 2.10 bits per heavy atom. The van der Waals surface area contributed by atoms with E-state index in [9.17, 15) is 0 Å². The van der Waals surface area contributed by atoms with Gasteiger partial charge in [-0.15, -0.1) is 0 Å². The molecule has 0 aliphatic carbocycles. The minimum absolute atomic E-state index is 0. The molecule has 0 aliphatic heterocycles. The molecule has 0 spiro atoms. The molecule has 0 amide bonds. The zero-order valence-electron chi connectivity index (χ0n) is 5.46. The summed E-state index contributed by atoms with van der Waals surface area (Å²) in [4.78, 5) is 0. The van der Waals surface area contributed by atoms with E-state index in [2.05, 4.69) is 0 Å². The maximum absolute atomic E-state index is 8.63. The van der Waals surface area contributed by atoms with Crippen molar-refractivity contribution in [2.24, 2.45) is 0 Å². The number of aliphatic hydroxyl groups is 1. The summed E-state index contributed by atoms with van der Waals surface area (Å²) in [6.07, 6.45) is 0. The topological polar surface area (TPSA) is 20.2 Å². The van der Waals surface area contributed by atoms with Crippen molar-refractivity contribution in [3.05, 3.63) is 35.4 Å². The summed E-state index contributed by atoms with van der Waals surface area (Å²) in [7, 11) is 0. The summed E-state index contributed by atoms with van der Waals surface area (Å²) in [6, 6.07) is 7.84. The van der Waals surface area contributed by atoms with E-state index in [0.717, 1.165) is 5.56 Å². The molecule has 1 rings (SSSR count). The number of hydrogen-bond donors (Lipinski definition) is 1. The van der Waals surface area contributed by atoms with Crippen molar-refractivity contribution in [3.63, 3.8) is 0 Å². The molecule has 0 saturated carbocycles.